The Hall–Kier alpha value is -2.91. The van der Waals surface area contributed by atoms with E-state index >= 15 is 0 Å². The summed E-state index contributed by atoms with van der Waals surface area (Å²) in [4.78, 5) is 2.50. The highest BCUT2D eigenvalue weighted by Crippen LogP contribution is 2.28. The Morgan fingerprint density at radius 1 is 1.27 bits per heavy atom. The first-order chi connectivity index (χ1) is 12.7. The van der Waals surface area contributed by atoms with Gasteiger partial charge in [0, 0.05) is 55.3 Å². The lowest BCUT2D eigenvalue weighted by molar-refractivity contribution is 0.198. The summed E-state index contributed by atoms with van der Waals surface area (Å²) in [5.74, 6) is 0.515. The minimum Gasteiger partial charge on any atom is -0.298 e. The molecule has 1 N–H and O–H groups in total. The predicted molar refractivity (Wildman–Crippen MR) is 99.2 cm³/mol. The van der Waals surface area contributed by atoms with Crippen molar-refractivity contribution in [2.75, 3.05) is 13.1 Å². The number of hydrogen-bond acceptors (Lipinski definition) is 4. The highest BCUT2D eigenvalue weighted by molar-refractivity contribution is 5.63. The van der Waals surface area contributed by atoms with Crippen LogP contribution in [-0.4, -0.2) is 38.0 Å². The van der Waals surface area contributed by atoms with Crippen molar-refractivity contribution < 1.29 is 0 Å². The minimum atomic E-state index is 0.515. The summed E-state index contributed by atoms with van der Waals surface area (Å²) < 4.78 is 1.87. The van der Waals surface area contributed by atoms with Crippen molar-refractivity contribution >= 4 is 0 Å². The van der Waals surface area contributed by atoms with Crippen LogP contribution in [0.3, 0.4) is 0 Å². The van der Waals surface area contributed by atoms with Gasteiger partial charge in [-0.1, -0.05) is 12.1 Å². The van der Waals surface area contributed by atoms with Gasteiger partial charge in [-0.05, 0) is 37.6 Å². The zero-order valence-corrected chi connectivity index (χ0v) is 14.9. The van der Waals surface area contributed by atoms with Gasteiger partial charge in [0.15, 0.2) is 0 Å². The van der Waals surface area contributed by atoms with Gasteiger partial charge in [0.25, 0.3) is 0 Å². The quantitative estimate of drug-likeness (QED) is 0.788. The van der Waals surface area contributed by atoms with Gasteiger partial charge in [0.1, 0.15) is 0 Å². The van der Waals surface area contributed by atoms with Gasteiger partial charge in [-0.2, -0.15) is 15.5 Å². The molecule has 1 aromatic carbocycles. The van der Waals surface area contributed by atoms with Crippen LogP contribution in [0, 0.1) is 11.3 Å². The number of rotatable bonds is 4. The Kier molecular flexibility index (Phi) is 4.55. The smallest absolute Gasteiger partial charge is 0.0991 e. The van der Waals surface area contributed by atoms with Crippen molar-refractivity contribution in [1.29, 1.82) is 5.26 Å². The highest BCUT2D eigenvalue weighted by atomic mass is 15.3. The van der Waals surface area contributed by atoms with Crippen molar-refractivity contribution in [2.24, 2.45) is 7.05 Å². The molecule has 0 amide bonds. The second kappa shape index (κ2) is 7.14. The molecule has 1 atom stereocenters. The first-order valence-corrected chi connectivity index (χ1v) is 8.97. The summed E-state index contributed by atoms with van der Waals surface area (Å²) in [5.41, 5.74) is 5.18. The maximum absolute atomic E-state index is 8.99. The van der Waals surface area contributed by atoms with E-state index in [4.69, 9.17) is 5.26 Å². The molecule has 1 unspecified atom stereocenters. The molecule has 0 saturated carbocycles. The number of benzene rings is 1. The van der Waals surface area contributed by atoms with Gasteiger partial charge in [0.05, 0.1) is 17.3 Å². The lowest BCUT2D eigenvalue weighted by atomic mass is 9.94. The van der Waals surface area contributed by atoms with Crippen LogP contribution < -0.4 is 0 Å². The first-order valence-electron chi connectivity index (χ1n) is 8.97. The van der Waals surface area contributed by atoms with Crippen LogP contribution in [0.15, 0.2) is 42.7 Å². The van der Waals surface area contributed by atoms with Crippen molar-refractivity contribution in [2.45, 2.75) is 25.3 Å². The maximum atomic E-state index is 8.99. The predicted octanol–water partition coefficient (Wildman–Crippen LogP) is 3.06. The molecule has 3 aromatic rings. The fourth-order valence-electron chi connectivity index (χ4n) is 3.79. The monoisotopic (exact) mass is 346 g/mol. The number of H-pyrrole nitrogens is 1. The van der Waals surface area contributed by atoms with E-state index in [1.54, 1.807) is 0 Å². The largest absolute Gasteiger partial charge is 0.298 e. The molecular weight excluding hydrogens is 324 g/mol. The highest BCUT2D eigenvalue weighted by Gasteiger charge is 2.23. The second-order valence-electron chi connectivity index (χ2n) is 6.95. The van der Waals surface area contributed by atoms with Gasteiger partial charge in [0.2, 0.25) is 0 Å². The van der Waals surface area contributed by atoms with Crippen molar-refractivity contribution in [3.05, 3.63) is 59.5 Å². The Labute approximate surface area is 153 Å². The van der Waals surface area contributed by atoms with E-state index in [0.717, 1.165) is 30.9 Å². The zero-order chi connectivity index (χ0) is 17.9. The number of hydrogen-bond donors (Lipinski definition) is 1. The lowest BCUT2D eigenvalue weighted by Crippen LogP contribution is -2.34. The first kappa shape index (κ1) is 16.6. The molecule has 132 valence electrons. The average Bonchev–Trinajstić information content (AvgIpc) is 3.32. The van der Waals surface area contributed by atoms with E-state index in [2.05, 4.69) is 38.5 Å². The lowest BCUT2D eigenvalue weighted by Gasteiger charge is -2.32. The Bertz CT molecular complexity index is 901. The Morgan fingerprint density at radius 2 is 2.12 bits per heavy atom. The zero-order valence-electron chi connectivity index (χ0n) is 14.9. The van der Waals surface area contributed by atoms with Crippen molar-refractivity contribution in [3.63, 3.8) is 0 Å². The number of piperidine rings is 1. The number of nitriles is 1. The molecule has 0 spiro atoms. The molecule has 1 aliphatic rings. The number of likely N-dealkylation sites (tertiary alicyclic amines) is 1. The van der Waals surface area contributed by atoms with E-state index in [0.29, 0.717) is 11.5 Å². The van der Waals surface area contributed by atoms with Crippen LogP contribution in [-0.2, 0) is 13.6 Å². The fourth-order valence-corrected chi connectivity index (χ4v) is 3.79. The van der Waals surface area contributed by atoms with Crippen LogP contribution in [0.5, 0.6) is 0 Å². The summed E-state index contributed by atoms with van der Waals surface area (Å²) in [6.07, 6.45) is 6.33. The van der Waals surface area contributed by atoms with Crippen molar-refractivity contribution in [1.82, 2.24) is 24.9 Å². The van der Waals surface area contributed by atoms with Crippen LogP contribution in [0.1, 0.15) is 35.6 Å². The Morgan fingerprint density at radius 3 is 2.85 bits per heavy atom. The van der Waals surface area contributed by atoms with E-state index < -0.39 is 0 Å². The third-order valence-corrected chi connectivity index (χ3v) is 5.05. The molecule has 6 heteroatoms. The van der Waals surface area contributed by atoms with Crippen LogP contribution in [0.25, 0.3) is 11.3 Å². The van der Waals surface area contributed by atoms with Crippen molar-refractivity contribution in [3.8, 4) is 17.3 Å². The van der Waals surface area contributed by atoms with Gasteiger partial charge < -0.3 is 0 Å². The summed E-state index contributed by atoms with van der Waals surface area (Å²) in [7, 11) is 1.96. The molecule has 2 aromatic heterocycles. The number of aromatic amines is 1. The molecule has 26 heavy (non-hydrogen) atoms. The average molecular weight is 346 g/mol. The van der Waals surface area contributed by atoms with E-state index in [-0.39, 0.29) is 0 Å². The Balaban J connectivity index is 1.54. The molecule has 0 bridgehead atoms. The number of nitrogens with zero attached hydrogens (tertiary/aromatic N) is 5. The number of aromatic nitrogens is 4. The molecule has 3 heterocycles. The topological polar surface area (TPSA) is 73.5 Å². The van der Waals surface area contributed by atoms with Crippen LogP contribution in [0.2, 0.25) is 0 Å². The third-order valence-electron chi connectivity index (χ3n) is 5.05. The fraction of sp³-hybridized carbons (Fsp3) is 0.350. The molecule has 0 radical (unpaired) electrons. The summed E-state index contributed by atoms with van der Waals surface area (Å²) in [6, 6.07) is 11.9. The van der Waals surface area contributed by atoms with Gasteiger partial charge >= 0.3 is 0 Å². The van der Waals surface area contributed by atoms with E-state index in [1.165, 1.54) is 24.1 Å². The number of nitrogens with one attached hydrogen (secondary N) is 1. The molecule has 1 saturated heterocycles. The summed E-state index contributed by atoms with van der Waals surface area (Å²) in [5, 5.41) is 20.9. The van der Waals surface area contributed by atoms with Gasteiger partial charge in [-0.15, -0.1) is 0 Å². The summed E-state index contributed by atoms with van der Waals surface area (Å²) in [6.45, 7) is 3.02. The third kappa shape index (κ3) is 3.39. The van der Waals surface area contributed by atoms with E-state index in [1.807, 2.05) is 42.2 Å². The standard InChI is InChI=1S/C20H22N6/c1-25-12-18(20(24-25)16-6-4-15(11-21)5-7-16)14-26-10-2-3-17(13-26)19-8-9-22-23-19/h4-9,12,17H,2-3,10,13-14H2,1H3,(H,22,23). The van der Waals surface area contributed by atoms with Crippen LogP contribution >= 0.6 is 0 Å². The minimum absolute atomic E-state index is 0.515. The SMILES string of the molecule is Cn1cc(CN2CCCC(c3ccn[nH]3)C2)c(-c2ccc(C#N)cc2)n1. The second-order valence-corrected chi connectivity index (χ2v) is 6.95. The van der Waals surface area contributed by atoms with E-state index in [9.17, 15) is 0 Å². The number of aryl methyl sites for hydroxylation is 1. The normalized spacial score (nSPS) is 17.9. The molecule has 0 aliphatic carbocycles. The van der Waals surface area contributed by atoms with Gasteiger partial charge in [-0.3, -0.25) is 14.7 Å². The maximum Gasteiger partial charge on any atom is 0.0991 e. The van der Waals surface area contributed by atoms with Crippen LogP contribution in [0.4, 0.5) is 0 Å². The molecule has 1 aliphatic heterocycles. The molecular formula is C20H22N6. The molecule has 6 nitrogen and oxygen atoms in total. The molecule has 1 fully saturated rings. The van der Waals surface area contributed by atoms with Gasteiger partial charge in [-0.25, -0.2) is 0 Å². The molecule has 4 rings (SSSR count). The summed E-state index contributed by atoms with van der Waals surface area (Å²) >= 11 is 0.